The summed E-state index contributed by atoms with van der Waals surface area (Å²) in [6.07, 6.45) is 0.929. The van der Waals surface area contributed by atoms with Crippen molar-refractivity contribution in [2.24, 2.45) is 0 Å². The molecule has 0 amide bonds. The lowest BCUT2D eigenvalue weighted by Gasteiger charge is -2.00. The first-order chi connectivity index (χ1) is 9.15. The molecule has 1 aromatic carbocycles. The molecule has 0 aliphatic rings. The van der Waals surface area contributed by atoms with E-state index < -0.39 is 0 Å². The summed E-state index contributed by atoms with van der Waals surface area (Å²) in [5, 5.41) is 4.59. The van der Waals surface area contributed by atoms with Crippen LogP contribution in [0.3, 0.4) is 0 Å². The van der Waals surface area contributed by atoms with Crippen LogP contribution in [0, 0.1) is 0 Å². The van der Waals surface area contributed by atoms with Gasteiger partial charge in [0, 0.05) is 17.7 Å². The molecule has 0 spiro atoms. The Labute approximate surface area is 120 Å². The van der Waals surface area contributed by atoms with Crippen molar-refractivity contribution in [3.63, 3.8) is 0 Å². The molecule has 4 nitrogen and oxygen atoms in total. The number of aromatic nitrogens is 2. The summed E-state index contributed by atoms with van der Waals surface area (Å²) in [5.41, 5.74) is 0. The zero-order valence-corrected chi connectivity index (χ0v) is 12.0. The summed E-state index contributed by atoms with van der Waals surface area (Å²) in [7, 11) is 0. The number of hydrogen-bond donors (Lipinski definition) is 0. The average molecular weight is 297 g/mol. The van der Waals surface area contributed by atoms with E-state index in [1.807, 2.05) is 24.3 Å². The van der Waals surface area contributed by atoms with Gasteiger partial charge in [-0.1, -0.05) is 28.9 Å². The zero-order chi connectivity index (χ0) is 13.7. The number of benzene rings is 1. The average Bonchev–Trinajstić information content (AvgIpc) is 2.83. The lowest BCUT2D eigenvalue weighted by atomic mass is 10.2. The molecule has 0 aliphatic heterocycles. The normalized spacial score (nSPS) is 10.6. The molecule has 0 atom stereocenters. The number of aryl methyl sites for hydroxylation is 1. The quantitative estimate of drug-likeness (QED) is 0.763. The van der Waals surface area contributed by atoms with Crippen LogP contribution in [0.1, 0.15) is 25.1 Å². The van der Waals surface area contributed by atoms with Crippen LogP contribution < -0.4 is 0 Å². The van der Waals surface area contributed by atoms with E-state index in [2.05, 4.69) is 10.1 Å². The minimum absolute atomic E-state index is 0.116. The highest BCUT2D eigenvalue weighted by Gasteiger charge is 2.08. The second-order valence-corrected chi connectivity index (χ2v) is 5.45. The molecule has 6 heteroatoms. The third-order valence-corrected chi connectivity index (χ3v) is 3.91. The predicted molar refractivity (Wildman–Crippen MR) is 74.3 cm³/mol. The summed E-state index contributed by atoms with van der Waals surface area (Å²) in [6, 6.07) is 7.62. The van der Waals surface area contributed by atoms with Gasteiger partial charge in [0.15, 0.2) is 5.82 Å². The molecule has 0 N–H and O–H groups in total. The molecule has 0 unspecified atom stereocenters. The van der Waals surface area contributed by atoms with Crippen LogP contribution in [0.2, 0.25) is 5.02 Å². The van der Waals surface area contributed by atoms with Gasteiger partial charge in [0.25, 0.3) is 0 Å². The predicted octanol–water partition coefficient (Wildman–Crippen LogP) is 3.54. The van der Waals surface area contributed by atoms with Crippen LogP contribution in [0.5, 0.6) is 0 Å². The van der Waals surface area contributed by atoms with E-state index >= 15 is 0 Å². The van der Waals surface area contributed by atoms with E-state index in [1.54, 1.807) is 18.7 Å². The Morgan fingerprint density at radius 2 is 2.21 bits per heavy atom. The molecule has 1 aromatic heterocycles. The van der Waals surface area contributed by atoms with Gasteiger partial charge < -0.3 is 9.32 Å². The number of ketones is 1. The second kappa shape index (κ2) is 6.73. The number of halogens is 1. The molecule has 100 valence electrons. The van der Waals surface area contributed by atoms with Gasteiger partial charge in [-0.25, -0.2) is 0 Å². The van der Waals surface area contributed by atoms with Gasteiger partial charge in [0.2, 0.25) is 5.89 Å². The lowest BCUT2D eigenvalue weighted by Crippen LogP contribution is -1.94. The van der Waals surface area contributed by atoms with Gasteiger partial charge in [0.05, 0.1) is 10.8 Å². The first-order valence-electron chi connectivity index (χ1n) is 5.83. The van der Waals surface area contributed by atoms with E-state index in [-0.39, 0.29) is 5.78 Å². The Bertz CT molecular complexity index is 571. The molecule has 0 saturated carbocycles. The number of rotatable bonds is 6. The fraction of sp³-hybridized carbons (Fsp3) is 0.308. The van der Waals surface area contributed by atoms with Crippen molar-refractivity contribution in [3.05, 3.63) is 41.0 Å². The van der Waals surface area contributed by atoms with Crippen molar-refractivity contribution in [2.45, 2.75) is 30.4 Å². The van der Waals surface area contributed by atoms with Gasteiger partial charge in [0.1, 0.15) is 5.78 Å². The Morgan fingerprint density at radius 3 is 2.95 bits per heavy atom. The van der Waals surface area contributed by atoms with Crippen molar-refractivity contribution in [2.75, 3.05) is 0 Å². The molecular weight excluding hydrogens is 284 g/mol. The highest BCUT2D eigenvalue weighted by molar-refractivity contribution is 7.98. The second-order valence-electron chi connectivity index (χ2n) is 4.03. The summed E-state index contributed by atoms with van der Waals surface area (Å²) in [6.45, 7) is 1.55. The maximum atomic E-state index is 10.9. The molecule has 2 aromatic rings. The van der Waals surface area contributed by atoms with Crippen LogP contribution in [0.4, 0.5) is 0 Å². The largest absolute Gasteiger partial charge is 0.339 e. The molecule has 0 aliphatic carbocycles. The number of nitrogens with zero attached hydrogens (tertiary/aromatic N) is 2. The molecule has 19 heavy (non-hydrogen) atoms. The van der Waals surface area contributed by atoms with Crippen LogP contribution >= 0.6 is 23.4 Å². The Kier molecular flexibility index (Phi) is 4.99. The zero-order valence-electron chi connectivity index (χ0n) is 10.4. The summed E-state index contributed by atoms with van der Waals surface area (Å²) >= 11 is 7.61. The molecule has 2 rings (SSSR count). The fourth-order valence-electron chi connectivity index (χ4n) is 1.44. The minimum Gasteiger partial charge on any atom is -0.339 e. The molecule has 0 fully saturated rings. The van der Waals surface area contributed by atoms with Gasteiger partial charge in [-0.3, -0.25) is 0 Å². The van der Waals surface area contributed by atoms with Gasteiger partial charge in [-0.15, -0.1) is 11.8 Å². The molecule has 0 bridgehead atoms. The molecule has 1 heterocycles. The SMILES string of the molecule is CC(=O)CCc1nc(CSc2ccccc2Cl)no1. The van der Waals surface area contributed by atoms with Crippen LogP contribution in [0.25, 0.3) is 0 Å². The van der Waals surface area contributed by atoms with Crippen molar-refractivity contribution in [1.29, 1.82) is 0 Å². The highest BCUT2D eigenvalue weighted by atomic mass is 35.5. The van der Waals surface area contributed by atoms with E-state index in [0.29, 0.717) is 35.3 Å². The Hall–Kier alpha value is -1.33. The van der Waals surface area contributed by atoms with Crippen molar-refractivity contribution >= 4 is 29.1 Å². The lowest BCUT2D eigenvalue weighted by molar-refractivity contribution is -0.117. The monoisotopic (exact) mass is 296 g/mol. The maximum Gasteiger partial charge on any atom is 0.227 e. The Morgan fingerprint density at radius 1 is 1.42 bits per heavy atom. The number of Topliss-reactive ketones (excluding diaryl/α,β-unsaturated/α-hetero) is 1. The van der Waals surface area contributed by atoms with E-state index in [0.717, 1.165) is 4.90 Å². The smallest absolute Gasteiger partial charge is 0.227 e. The summed E-state index contributed by atoms with van der Waals surface area (Å²) in [4.78, 5) is 16.1. The molecular formula is C13H13ClN2O2S. The van der Waals surface area contributed by atoms with E-state index in [4.69, 9.17) is 16.1 Å². The standard InChI is InChI=1S/C13H13ClN2O2S/c1-9(17)6-7-13-15-12(16-18-13)8-19-11-5-3-2-4-10(11)14/h2-5H,6-8H2,1H3. The highest BCUT2D eigenvalue weighted by Crippen LogP contribution is 2.28. The molecule has 0 radical (unpaired) electrons. The third-order valence-electron chi connectivity index (χ3n) is 2.39. The number of thioether (sulfide) groups is 1. The first-order valence-corrected chi connectivity index (χ1v) is 7.19. The topological polar surface area (TPSA) is 56.0 Å². The summed E-state index contributed by atoms with van der Waals surface area (Å²) < 4.78 is 5.07. The van der Waals surface area contributed by atoms with Crippen molar-refractivity contribution < 1.29 is 9.32 Å². The maximum absolute atomic E-state index is 10.9. The Balaban J connectivity index is 1.90. The summed E-state index contributed by atoms with van der Waals surface area (Å²) in [5.74, 6) is 1.83. The number of carbonyl (C=O) groups excluding carboxylic acids is 1. The van der Waals surface area contributed by atoms with Gasteiger partial charge in [-0.2, -0.15) is 4.98 Å². The van der Waals surface area contributed by atoms with Crippen molar-refractivity contribution in [1.82, 2.24) is 10.1 Å². The number of hydrogen-bond acceptors (Lipinski definition) is 5. The van der Waals surface area contributed by atoms with Gasteiger partial charge in [-0.05, 0) is 19.1 Å². The van der Waals surface area contributed by atoms with E-state index in [1.165, 1.54) is 0 Å². The minimum atomic E-state index is 0.116. The third kappa shape index (κ3) is 4.36. The first kappa shape index (κ1) is 14.1. The van der Waals surface area contributed by atoms with Crippen LogP contribution in [0.15, 0.2) is 33.7 Å². The van der Waals surface area contributed by atoms with Gasteiger partial charge >= 0.3 is 0 Å². The number of carbonyl (C=O) groups is 1. The van der Waals surface area contributed by atoms with E-state index in [9.17, 15) is 4.79 Å². The van der Waals surface area contributed by atoms with Crippen LogP contribution in [-0.4, -0.2) is 15.9 Å². The molecule has 0 saturated heterocycles. The fourth-order valence-corrected chi connectivity index (χ4v) is 2.52. The van der Waals surface area contributed by atoms with Crippen LogP contribution in [-0.2, 0) is 17.0 Å². The van der Waals surface area contributed by atoms with Crippen molar-refractivity contribution in [3.8, 4) is 0 Å².